The molecule has 4 heteroatoms. The van der Waals surface area contributed by atoms with Gasteiger partial charge in [-0.1, -0.05) is 12.1 Å². The van der Waals surface area contributed by atoms with Gasteiger partial charge in [0.05, 0.1) is 0 Å². The van der Waals surface area contributed by atoms with Crippen molar-refractivity contribution < 1.29 is 9.53 Å². The second kappa shape index (κ2) is 5.87. The van der Waals surface area contributed by atoms with Gasteiger partial charge in [0.1, 0.15) is 5.75 Å². The maximum absolute atomic E-state index is 12.2. The van der Waals surface area contributed by atoms with Gasteiger partial charge in [0.15, 0.2) is 6.10 Å². The molecule has 1 heterocycles. The van der Waals surface area contributed by atoms with Crippen molar-refractivity contribution in [1.29, 1.82) is 0 Å². The molecule has 1 fully saturated rings. The zero-order chi connectivity index (χ0) is 13.0. The van der Waals surface area contributed by atoms with Crippen LogP contribution >= 0.6 is 0 Å². The molecule has 1 unspecified atom stereocenters. The lowest BCUT2D eigenvalue weighted by atomic mass is 10.2. The summed E-state index contributed by atoms with van der Waals surface area (Å²) in [5.41, 5.74) is 1.13. The number of amides is 1. The number of aryl methyl sites for hydroxylation is 1. The number of nitrogens with one attached hydrogen (secondary N) is 1. The Morgan fingerprint density at radius 3 is 2.78 bits per heavy atom. The number of benzene rings is 1. The molecule has 2 rings (SSSR count). The number of ether oxygens (including phenoxy) is 1. The minimum absolute atomic E-state index is 0.0676. The van der Waals surface area contributed by atoms with Crippen LogP contribution in [0.4, 0.5) is 0 Å². The Labute approximate surface area is 108 Å². The fourth-order valence-corrected chi connectivity index (χ4v) is 2.09. The van der Waals surface area contributed by atoms with Crippen LogP contribution in [0.15, 0.2) is 24.3 Å². The lowest BCUT2D eigenvalue weighted by molar-refractivity contribution is -0.138. The van der Waals surface area contributed by atoms with Gasteiger partial charge in [-0.15, -0.1) is 0 Å². The standard InChI is InChI=1S/C14H20N2O2/c1-11-4-3-5-13(10-11)18-12(2)14(17)16-8-6-15-7-9-16/h3-5,10,12,15H,6-9H2,1-2H3. The Morgan fingerprint density at radius 1 is 1.39 bits per heavy atom. The van der Waals surface area contributed by atoms with Crippen LogP contribution in [-0.4, -0.2) is 43.1 Å². The first-order chi connectivity index (χ1) is 8.66. The number of rotatable bonds is 3. The molecule has 1 aromatic carbocycles. The van der Waals surface area contributed by atoms with Crippen molar-refractivity contribution in [3.8, 4) is 5.75 Å². The van der Waals surface area contributed by atoms with Crippen molar-refractivity contribution >= 4 is 5.91 Å². The van der Waals surface area contributed by atoms with Crippen molar-refractivity contribution in [3.05, 3.63) is 29.8 Å². The van der Waals surface area contributed by atoms with E-state index in [2.05, 4.69) is 5.32 Å². The third kappa shape index (κ3) is 3.23. The van der Waals surface area contributed by atoms with E-state index in [0.717, 1.165) is 37.5 Å². The number of carbonyl (C=O) groups excluding carboxylic acids is 1. The Morgan fingerprint density at radius 2 is 2.11 bits per heavy atom. The van der Waals surface area contributed by atoms with E-state index in [0.29, 0.717) is 0 Å². The van der Waals surface area contributed by atoms with Crippen molar-refractivity contribution in [2.45, 2.75) is 20.0 Å². The van der Waals surface area contributed by atoms with Gasteiger partial charge in [-0.2, -0.15) is 0 Å². The van der Waals surface area contributed by atoms with E-state index < -0.39 is 6.10 Å². The molecule has 0 bridgehead atoms. The monoisotopic (exact) mass is 248 g/mol. The molecule has 0 saturated carbocycles. The predicted octanol–water partition coefficient (Wildman–Crippen LogP) is 1.19. The van der Waals surface area contributed by atoms with E-state index in [1.54, 1.807) is 0 Å². The molecule has 4 nitrogen and oxygen atoms in total. The molecule has 1 atom stereocenters. The summed E-state index contributed by atoms with van der Waals surface area (Å²) in [5, 5.41) is 3.23. The van der Waals surface area contributed by atoms with E-state index in [4.69, 9.17) is 4.74 Å². The molecule has 1 amide bonds. The average molecular weight is 248 g/mol. The molecule has 1 N–H and O–H groups in total. The fourth-order valence-electron chi connectivity index (χ4n) is 2.09. The number of piperazine rings is 1. The van der Waals surface area contributed by atoms with E-state index in [1.807, 2.05) is 43.0 Å². The maximum Gasteiger partial charge on any atom is 0.263 e. The molecule has 98 valence electrons. The van der Waals surface area contributed by atoms with E-state index in [-0.39, 0.29) is 5.91 Å². The normalized spacial score (nSPS) is 17.3. The largest absolute Gasteiger partial charge is 0.481 e. The van der Waals surface area contributed by atoms with Gasteiger partial charge in [0.25, 0.3) is 5.91 Å². The van der Waals surface area contributed by atoms with Gasteiger partial charge in [-0.05, 0) is 31.5 Å². The van der Waals surface area contributed by atoms with Gasteiger partial charge in [0.2, 0.25) is 0 Å². The highest BCUT2D eigenvalue weighted by atomic mass is 16.5. The summed E-state index contributed by atoms with van der Waals surface area (Å²) in [6, 6.07) is 7.78. The average Bonchev–Trinajstić information content (AvgIpc) is 2.39. The minimum atomic E-state index is -0.426. The van der Waals surface area contributed by atoms with Crippen LogP contribution in [0.1, 0.15) is 12.5 Å². The van der Waals surface area contributed by atoms with Gasteiger partial charge < -0.3 is 15.0 Å². The molecule has 1 saturated heterocycles. The quantitative estimate of drug-likeness (QED) is 0.873. The second-order valence-corrected chi connectivity index (χ2v) is 4.65. The SMILES string of the molecule is Cc1cccc(OC(C)C(=O)N2CCNCC2)c1. The van der Waals surface area contributed by atoms with E-state index in [1.165, 1.54) is 0 Å². The number of carbonyl (C=O) groups is 1. The molecule has 0 radical (unpaired) electrons. The molecule has 1 aromatic rings. The highest BCUT2D eigenvalue weighted by Gasteiger charge is 2.23. The van der Waals surface area contributed by atoms with Crippen LogP contribution in [0.5, 0.6) is 5.75 Å². The Balaban J connectivity index is 1.94. The highest BCUT2D eigenvalue weighted by Crippen LogP contribution is 2.15. The maximum atomic E-state index is 12.2. The molecule has 1 aliphatic rings. The molecule has 1 aliphatic heterocycles. The first-order valence-corrected chi connectivity index (χ1v) is 6.39. The Hall–Kier alpha value is -1.55. The number of hydrogen-bond acceptors (Lipinski definition) is 3. The van der Waals surface area contributed by atoms with E-state index in [9.17, 15) is 4.79 Å². The lowest BCUT2D eigenvalue weighted by Gasteiger charge is -2.29. The first kappa shape index (κ1) is 12.9. The summed E-state index contributed by atoms with van der Waals surface area (Å²) in [6.45, 7) is 7.08. The summed E-state index contributed by atoms with van der Waals surface area (Å²) in [4.78, 5) is 14.0. The summed E-state index contributed by atoms with van der Waals surface area (Å²) < 4.78 is 5.70. The molecular formula is C14H20N2O2. The van der Waals surface area contributed by atoms with Crippen molar-refractivity contribution in [1.82, 2.24) is 10.2 Å². The zero-order valence-corrected chi connectivity index (χ0v) is 11.0. The molecule has 0 aliphatic carbocycles. The zero-order valence-electron chi connectivity index (χ0n) is 11.0. The van der Waals surface area contributed by atoms with Crippen molar-refractivity contribution in [2.24, 2.45) is 0 Å². The van der Waals surface area contributed by atoms with Crippen LogP contribution in [-0.2, 0) is 4.79 Å². The lowest BCUT2D eigenvalue weighted by Crippen LogP contribution is -2.50. The Bertz CT molecular complexity index is 414. The van der Waals surface area contributed by atoms with Gasteiger partial charge in [-0.3, -0.25) is 4.79 Å². The third-order valence-corrected chi connectivity index (χ3v) is 3.08. The summed E-state index contributed by atoms with van der Waals surface area (Å²) in [7, 11) is 0. The summed E-state index contributed by atoms with van der Waals surface area (Å²) >= 11 is 0. The fraction of sp³-hybridized carbons (Fsp3) is 0.500. The second-order valence-electron chi connectivity index (χ2n) is 4.65. The summed E-state index contributed by atoms with van der Waals surface area (Å²) in [5.74, 6) is 0.823. The molecule has 18 heavy (non-hydrogen) atoms. The van der Waals surface area contributed by atoms with Crippen LogP contribution in [0.25, 0.3) is 0 Å². The first-order valence-electron chi connectivity index (χ1n) is 6.39. The minimum Gasteiger partial charge on any atom is -0.481 e. The number of nitrogens with zero attached hydrogens (tertiary/aromatic N) is 1. The van der Waals surface area contributed by atoms with Crippen molar-refractivity contribution in [3.63, 3.8) is 0 Å². The topological polar surface area (TPSA) is 41.6 Å². The smallest absolute Gasteiger partial charge is 0.263 e. The molecular weight excluding hydrogens is 228 g/mol. The van der Waals surface area contributed by atoms with Gasteiger partial charge in [-0.25, -0.2) is 0 Å². The predicted molar refractivity (Wildman–Crippen MR) is 70.7 cm³/mol. The Kier molecular flexibility index (Phi) is 4.20. The number of hydrogen-bond donors (Lipinski definition) is 1. The van der Waals surface area contributed by atoms with Crippen LogP contribution in [0, 0.1) is 6.92 Å². The van der Waals surface area contributed by atoms with Gasteiger partial charge in [0, 0.05) is 26.2 Å². The van der Waals surface area contributed by atoms with Crippen LogP contribution < -0.4 is 10.1 Å². The summed E-state index contributed by atoms with van der Waals surface area (Å²) in [6.07, 6.45) is -0.426. The van der Waals surface area contributed by atoms with E-state index >= 15 is 0 Å². The van der Waals surface area contributed by atoms with Gasteiger partial charge >= 0.3 is 0 Å². The van der Waals surface area contributed by atoms with Crippen molar-refractivity contribution in [2.75, 3.05) is 26.2 Å². The third-order valence-electron chi connectivity index (χ3n) is 3.08. The van der Waals surface area contributed by atoms with Crippen LogP contribution in [0.2, 0.25) is 0 Å². The highest BCUT2D eigenvalue weighted by molar-refractivity contribution is 5.81. The molecule has 0 spiro atoms. The van der Waals surface area contributed by atoms with Crippen LogP contribution in [0.3, 0.4) is 0 Å². The molecule has 0 aromatic heterocycles.